The Bertz CT molecular complexity index is 797. The van der Waals surface area contributed by atoms with Gasteiger partial charge in [-0.25, -0.2) is 0 Å². The summed E-state index contributed by atoms with van der Waals surface area (Å²) in [6.07, 6.45) is 8.62. The van der Waals surface area contributed by atoms with Crippen LogP contribution in [-0.2, 0) is 23.9 Å². The van der Waals surface area contributed by atoms with E-state index in [1.54, 1.807) is 0 Å². The van der Waals surface area contributed by atoms with Crippen LogP contribution in [-0.4, -0.2) is 35.8 Å². The predicted octanol–water partition coefficient (Wildman–Crippen LogP) is 5.72. The average Bonchev–Trinajstić information content (AvgIpc) is 3.13. The lowest BCUT2D eigenvalue weighted by Crippen LogP contribution is -2.62. The van der Waals surface area contributed by atoms with Crippen LogP contribution in [0.15, 0.2) is 0 Å². The molecule has 0 amide bonds. The normalized spacial score (nSPS) is 45.4. The fourth-order valence-electron chi connectivity index (χ4n) is 8.92. The molecular formula is C27H41BrO5. The second-order valence-electron chi connectivity index (χ2n) is 11.9. The van der Waals surface area contributed by atoms with E-state index >= 15 is 0 Å². The summed E-state index contributed by atoms with van der Waals surface area (Å²) in [5, 5.41) is 0. The molecule has 0 bridgehead atoms. The molecule has 9 unspecified atom stereocenters. The number of hydrogen-bond acceptors (Lipinski definition) is 5. The molecule has 0 aromatic carbocycles. The number of hydrogen-bond donors (Lipinski definition) is 0. The van der Waals surface area contributed by atoms with Crippen molar-refractivity contribution in [1.82, 2.24) is 0 Å². The monoisotopic (exact) mass is 524 g/mol. The van der Waals surface area contributed by atoms with Crippen molar-refractivity contribution in [3.63, 3.8) is 0 Å². The van der Waals surface area contributed by atoms with Crippen LogP contribution < -0.4 is 0 Å². The fraction of sp³-hybridized carbons (Fsp3) is 0.889. The molecule has 4 rings (SSSR count). The zero-order valence-electron chi connectivity index (χ0n) is 20.9. The van der Waals surface area contributed by atoms with Crippen molar-refractivity contribution in [3.05, 3.63) is 0 Å². The quantitative estimate of drug-likeness (QED) is 0.339. The maximum atomic E-state index is 14.1. The van der Waals surface area contributed by atoms with E-state index in [2.05, 4.69) is 36.7 Å². The Morgan fingerprint density at radius 2 is 1.88 bits per heavy atom. The number of ether oxygens (including phenoxy) is 2. The SMILES string of the molecule is COC(=O)CCC(C)C1CCC2C3CCC4C[C@H](OC(C)=O)CCC4(C)C3C(Br)C(=O)C12C. The summed E-state index contributed by atoms with van der Waals surface area (Å²) in [6.45, 7) is 8.37. The van der Waals surface area contributed by atoms with Crippen LogP contribution in [0, 0.1) is 46.3 Å². The molecule has 6 heteroatoms. The average molecular weight is 526 g/mol. The lowest BCUT2D eigenvalue weighted by atomic mass is 9.44. The van der Waals surface area contributed by atoms with Gasteiger partial charge in [-0.15, -0.1) is 0 Å². The van der Waals surface area contributed by atoms with E-state index in [-0.39, 0.29) is 33.7 Å². The highest BCUT2D eigenvalue weighted by Gasteiger charge is 2.66. The van der Waals surface area contributed by atoms with Crippen molar-refractivity contribution >= 4 is 33.7 Å². The number of esters is 2. The van der Waals surface area contributed by atoms with Crippen molar-refractivity contribution in [2.75, 3.05) is 7.11 Å². The molecule has 4 aliphatic rings. The van der Waals surface area contributed by atoms with Gasteiger partial charge >= 0.3 is 11.9 Å². The second kappa shape index (κ2) is 9.28. The third kappa shape index (κ3) is 4.10. The molecule has 0 heterocycles. The summed E-state index contributed by atoms with van der Waals surface area (Å²) in [6, 6.07) is 0. The molecule has 0 spiro atoms. The molecule has 4 saturated carbocycles. The van der Waals surface area contributed by atoms with Gasteiger partial charge in [0.2, 0.25) is 0 Å². The minimum atomic E-state index is -0.316. The molecule has 0 N–H and O–H groups in total. The molecule has 33 heavy (non-hydrogen) atoms. The predicted molar refractivity (Wildman–Crippen MR) is 130 cm³/mol. The first-order valence-electron chi connectivity index (χ1n) is 13.0. The van der Waals surface area contributed by atoms with E-state index in [4.69, 9.17) is 9.47 Å². The van der Waals surface area contributed by atoms with Crippen LogP contribution in [0.25, 0.3) is 0 Å². The van der Waals surface area contributed by atoms with Crippen molar-refractivity contribution in [1.29, 1.82) is 0 Å². The Kier molecular flexibility index (Phi) is 7.08. The maximum Gasteiger partial charge on any atom is 0.305 e. The number of Topliss-reactive ketones (excluding diaryl/α,β-unsaturated/α-hetero) is 1. The molecule has 4 fully saturated rings. The molecule has 4 aliphatic carbocycles. The largest absolute Gasteiger partial charge is 0.469 e. The van der Waals surface area contributed by atoms with Gasteiger partial charge in [-0.2, -0.15) is 0 Å². The molecule has 5 nitrogen and oxygen atoms in total. The summed E-state index contributed by atoms with van der Waals surface area (Å²) in [7, 11) is 1.44. The molecule has 0 aliphatic heterocycles. The summed E-state index contributed by atoms with van der Waals surface area (Å²) < 4.78 is 10.4. The van der Waals surface area contributed by atoms with Gasteiger partial charge < -0.3 is 9.47 Å². The van der Waals surface area contributed by atoms with Crippen molar-refractivity contribution in [3.8, 4) is 0 Å². The lowest BCUT2D eigenvalue weighted by Gasteiger charge is -2.62. The smallest absolute Gasteiger partial charge is 0.305 e. The zero-order valence-corrected chi connectivity index (χ0v) is 22.5. The fourth-order valence-corrected chi connectivity index (χ4v) is 10.4. The highest BCUT2D eigenvalue weighted by Crippen LogP contribution is 2.68. The number of ketones is 1. The van der Waals surface area contributed by atoms with Crippen LogP contribution in [0.2, 0.25) is 0 Å². The zero-order chi connectivity index (χ0) is 24.1. The van der Waals surface area contributed by atoms with Crippen LogP contribution >= 0.6 is 15.9 Å². The first kappa shape index (κ1) is 25.2. The number of carbonyl (C=O) groups excluding carboxylic acids is 3. The highest BCUT2D eigenvalue weighted by atomic mass is 79.9. The highest BCUT2D eigenvalue weighted by molar-refractivity contribution is 9.10. The maximum absolute atomic E-state index is 14.1. The number of fused-ring (bicyclic) bond motifs is 5. The van der Waals surface area contributed by atoms with Gasteiger partial charge in [0.05, 0.1) is 11.9 Å². The Labute approximate surface area is 207 Å². The molecule has 10 atom stereocenters. The van der Waals surface area contributed by atoms with Crippen LogP contribution in [0.4, 0.5) is 0 Å². The van der Waals surface area contributed by atoms with Gasteiger partial charge in [0.25, 0.3) is 0 Å². The molecule has 0 aromatic rings. The minimum absolute atomic E-state index is 0.0296. The molecular weight excluding hydrogens is 484 g/mol. The van der Waals surface area contributed by atoms with E-state index in [1.165, 1.54) is 20.5 Å². The lowest BCUT2D eigenvalue weighted by molar-refractivity contribution is -0.165. The van der Waals surface area contributed by atoms with Gasteiger partial charge in [-0.3, -0.25) is 14.4 Å². The second-order valence-corrected chi connectivity index (χ2v) is 12.9. The summed E-state index contributed by atoms with van der Waals surface area (Å²) in [5.41, 5.74) is -0.206. The molecule has 0 radical (unpaired) electrons. The van der Waals surface area contributed by atoms with Gasteiger partial charge in [-0.1, -0.05) is 36.7 Å². The van der Waals surface area contributed by atoms with Crippen molar-refractivity contribution < 1.29 is 23.9 Å². The Morgan fingerprint density at radius 3 is 2.55 bits per heavy atom. The molecule has 0 aromatic heterocycles. The van der Waals surface area contributed by atoms with Crippen LogP contribution in [0.3, 0.4) is 0 Å². The van der Waals surface area contributed by atoms with E-state index in [0.29, 0.717) is 47.7 Å². The van der Waals surface area contributed by atoms with Gasteiger partial charge in [0, 0.05) is 18.8 Å². The molecule has 0 saturated heterocycles. The summed E-state index contributed by atoms with van der Waals surface area (Å²) in [4.78, 5) is 37.2. The van der Waals surface area contributed by atoms with E-state index in [0.717, 1.165) is 44.9 Å². The number of methoxy groups -OCH3 is 1. The summed E-state index contributed by atoms with van der Waals surface area (Å²) in [5.74, 6) is 2.54. The van der Waals surface area contributed by atoms with Crippen molar-refractivity contribution in [2.45, 2.75) is 96.4 Å². The third-order valence-corrected chi connectivity index (χ3v) is 11.5. The standard InChI is InChI=1S/C27H41BrO5/c1-15(6-11-22(30)32-5)20-9-10-21-19-8-7-17-14-18(33-16(2)29)12-13-26(17,3)23(19)24(28)25(31)27(20,21)4/h15,17-21,23-24H,6-14H2,1-5H3/t15?,17?,18-,19?,20?,21?,23?,24?,26?,27?/m1/s1. The third-order valence-electron chi connectivity index (χ3n) is 10.5. The van der Waals surface area contributed by atoms with E-state index in [1.807, 2.05) is 0 Å². The first-order chi connectivity index (χ1) is 15.5. The van der Waals surface area contributed by atoms with Gasteiger partial charge in [0.1, 0.15) is 6.10 Å². The Hall–Kier alpha value is -0.910. The molecule has 186 valence electrons. The number of rotatable bonds is 5. The van der Waals surface area contributed by atoms with E-state index in [9.17, 15) is 14.4 Å². The van der Waals surface area contributed by atoms with Crippen LogP contribution in [0.1, 0.15) is 85.5 Å². The number of halogens is 1. The minimum Gasteiger partial charge on any atom is -0.469 e. The van der Waals surface area contributed by atoms with E-state index < -0.39 is 0 Å². The van der Waals surface area contributed by atoms with Gasteiger partial charge in [-0.05, 0) is 92.3 Å². The topological polar surface area (TPSA) is 69.7 Å². The van der Waals surface area contributed by atoms with Crippen LogP contribution in [0.5, 0.6) is 0 Å². The number of alkyl halides is 1. The number of carbonyl (C=O) groups is 3. The van der Waals surface area contributed by atoms with Crippen molar-refractivity contribution in [2.24, 2.45) is 46.3 Å². The van der Waals surface area contributed by atoms with Gasteiger partial charge in [0.15, 0.2) is 5.78 Å². The Morgan fingerprint density at radius 1 is 1.15 bits per heavy atom. The first-order valence-corrected chi connectivity index (χ1v) is 13.9. The summed E-state index contributed by atoms with van der Waals surface area (Å²) >= 11 is 3.96. The Balaban J connectivity index is 1.55.